The van der Waals surface area contributed by atoms with Crippen LogP contribution in [0.5, 0.6) is 5.75 Å². The Balaban J connectivity index is 2.25. The van der Waals surface area contributed by atoms with Gasteiger partial charge in [-0.25, -0.2) is 0 Å². The zero-order chi connectivity index (χ0) is 19.6. The third-order valence-corrected chi connectivity index (χ3v) is 5.80. The van der Waals surface area contributed by atoms with Gasteiger partial charge in [0.2, 0.25) is 0 Å². The summed E-state index contributed by atoms with van der Waals surface area (Å²) in [5.74, 6) is 0.503. The second kappa shape index (κ2) is 11.0. The van der Waals surface area contributed by atoms with Crippen molar-refractivity contribution in [3.63, 3.8) is 0 Å². The second-order valence-corrected chi connectivity index (χ2v) is 10.2. The van der Waals surface area contributed by atoms with Crippen LogP contribution in [0, 0.1) is 10.8 Å². The fourth-order valence-electron chi connectivity index (χ4n) is 3.41. The Bertz CT molecular complexity index is 507. The number of hydrogen-bond acceptors (Lipinski definition) is 1. The maximum atomic E-state index is 10.3. The molecule has 1 aromatic rings. The lowest BCUT2D eigenvalue weighted by atomic mass is 9.84. The van der Waals surface area contributed by atoms with Crippen LogP contribution in [-0.4, -0.2) is 5.11 Å². The van der Waals surface area contributed by atoms with Crippen molar-refractivity contribution in [2.24, 2.45) is 10.8 Å². The first kappa shape index (κ1) is 23.1. The average molecular weight is 361 g/mol. The van der Waals surface area contributed by atoms with Gasteiger partial charge >= 0.3 is 0 Å². The molecule has 0 radical (unpaired) electrons. The highest BCUT2D eigenvalue weighted by Crippen LogP contribution is 2.28. The number of rotatable bonds is 12. The molecule has 1 nitrogen and oxygen atoms in total. The summed E-state index contributed by atoms with van der Waals surface area (Å²) in [6.07, 6.45) is 13.6. The van der Waals surface area contributed by atoms with E-state index in [1.807, 2.05) is 6.07 Å². The largest absolute Gasteiger partial charge is 0.508 e. The van der Waals surface area contributed by atoms with Crippen LogP contribution in [0.15, 0.2) is 18.2 Å². The summed E-state index contributed by atoms with van der Waals surface area (Å²) >= 11 is 0. The highest BCUT2D eigenvalue weighted by atomic mass is 16.3. The lowest BCUT2D eigenvalue weighted by Crippen LogP contribution is -2.08. The summed E-state index contributed by atoms with van der Waals surface area (Å²) in [5.41, 5.74) is 3.33. The minimum Gasteiger partial charge on any atom is -0.508 e. The van der Waals surface area contributed by atoms with Crippen LogP contribution in [0.2, 0.25) is 0 Å². The Hall–Kier alpha value is -0.980. The normalized spacial score (nSPS) is 12.5. The number of unbranched alkanes of at least 4 members (excludes halogenated alkanes) is 4. The van der Waals surface area contributed by atoms with E-state index in [-0.39, 0.29) is 0 Å². The summed E-state index contributed by atoms with van der Waals surface area (Å²) in [5, 5.41) is 10.3. The number of hydrogen-bond donors (Lipinski definition) is 1. The van der Waals surface area contributed by atoms with Crippen LogP contribution in [-0.2, 0) is 12.8 Å². The van der Waals surface area contributed by atoms with Crippen LogP contribution in [0.4, 0.5) is 0 Å². The van der Waals surface area contributed by atoms with Crippen molar-refractivity contribution in [1.29, 1.82) is 0 Å². The Morgan fingerprint density at radius 2 is 1.38 bits per heavy atom. The maximum absolute atomic E-state index is 10.3. The van der Waals surface area contributed by atoms with Gasteiger partial charge in [-0.1, -0.05) is 85.8 Å². The molecule has 1 aromatic carbocycles. The molecule has 0 saturated heterocycles. The third kappa shape index (κ3) is 10.2. The third-order valence-electron chi connectivity index (χ3n) is 5.80. The molecule has 0 amide bonds. The van der Waals surface area contributed by atoms with Gasteiger partial charge < -0.3 is 5.11 Å². The van der Waals surface area contributed by atoms with Crippen LogP contribution in [0.25, 0.3) is 0 Å². The van der Waals surface area contributed by atoms with E-state index in [1.54, 1.807) is 0 Å². The average Bonchev–Trinajstić information content (AvgIpc) is 2.55. The molecule has 0 atom stereocenters. The monoisotopic (exact) mass is 360 g/mol. The Morgan fingerprint density at radius 3 is 2.00 bits per heavy atom. The standard InChI is InChI=1S/C25H44O/c1-7-25(5,6)19-12-9-8-10-14-21-16-17-22(23(26)20-21)15-11-13-18-24(2,3)4/h16-17,20,26H,7-15,18-19H2,1-6H3. The van der Waals surface area contributed by atoms with Gasteiger partial charge in [-0.15, -0.1) is 0 Å². The zero-order valence-electron chi connectivity index (χ0n) is 18.5. The molecule has 0 aliphatic carbocycles. The van der Waals surface area contributed by atoms with Crippen molar-refractivity contribution in [3.05, 3.63) is 29.3 Å². The van der Waals surface area contributed by atoms with Crippen molar-refractivity contribution in [2.75, 3.05) is 0 Å². The molecule has 0 aliphatic heterocycles. The van der Waals surface area contributed by atoms with E-state index >= 15 is 0 Å². The van der Waals surface area contributed by atoms with E-state index in [4.69, 9.17) is 0 Å². The van der Waals surface area contributed by atoms with Crippen LogP contribution in [0.1, 0.15) is 110 Å². The predicted molar refractivity (Wildman–Crippen MR) is 116 cm³/mol. The second-order valence-electron chi connectivity index (χ2n) is 10.2. The Labute approximate surface area is 163 Å². The predicted octanol–water partition coefficient (Wildman–Crippen LogP) is 8.08. The smallest absolute Gasteiger partial charge is 0.119 e. The summed E-state index contributed by atoms with van der Waals surface area (Å²) in [6, 6.07) is 6.36. The van der Waals surface area contributed by atoms with Gasteiger partial charge in [0.1, 0.15) is 5.75 Å². The molecule has 0 fully saturated rings. The molecule has 1 heteroatoms. The topological polar surface area (TPSA) is 20.2 Å². The van der Waals surface area contributed by atoms with E-state index in [1.165, 1.54) is 56.9 Å². The SMILES string of the molecule is CCC(C)(C)CCCCCCc1ccc(CCCCC(C)(C)C)c(O)c1. The van der Waals surface area contributed by atoms with E-state index < -0.39 is 0 Å². The minimum atomic E-state index is 0.415. The fourth-order valence-corrected chi connectivity index (χ4v) is 3.41. The maximum Gasteiger partial charge on any atom is 0.119 e. The molecule has 1 N–H and O–H groups in total. The van der Waals surface area contributed by atoms with Crippen LogP contribution < -0.4 is 0 Å². The van der Waals surface area contributed by atoms with Crippen molar-refractivity contribution < 1.29 is 5.11 Å². The van der Waals surface area contributed by atoms with E-state index in [0.29, 0.717) is 16.6 Å². The van der Waals surface area contributed by atoms with E-state index in [9.17, 15) is 5.11 Å². The van der Waals surface area contributed by atoms with Gasteiger partial charge in [0.25, 0.3) is 0 Å². The van der Waals surface area contributed by atoms with Gasteiger partial charge in [0, 0.05) is 0 Å². The van der Waals surface area contributed by atoms with Gasteiger partial charge in [-0.05, 0) is 66.5 Å². The lowest BCUT2D eigenvalue weighted by molar-refractivity contribution is 0.307. The molecule has 0 aromatic heterocycles. The first-order valence-corrected chi connectivity index (χ1v) is 10.9. The molecular weight excluding hydrogens is 316 g/mol. The molecule has 0 spiro atoms. The van der Waals surface area contributed by atoms with Gasteiger partial charge in [0.15, 0.2) is 0 Å². The van der Waals surface area contributed by atoms with Gasteiger partial charge in [-0.3, -0.25) is 0 Å². The summed E-state index contributed by atoms with van der Waals surface area (Å²) < 4.78 is 0. The van der Waals surface area contributed by atoms with Crippen LogP contribution in [0.3, 0.4) is 0 Å². The molecule has 0 bridgehead atoms. The van der Waals surface area contributed by atoms with E-state index in [2.05, 4.69) is 53.7 Å². The quantitative estimate of drug-likeness (QED) is 0.373. The number of benzene rings is 1. The van der Waals surface area contributed by atoms with Crippen molar-refractivity contribution in [2.45, 2.75) is 112 Å². The molecule has 0 aliphatic rings. The molecule has 150 valence electrons. The highest BCUT2D eigenvalue weighted by Gasteiger charge is 2.13. The molecule has 1 rings (SSSR count). The van der Waals surface area contributed by atoms with Crippen molar-refractivity contribution in [1.82, 2.24) is 0 Å². The number of phenolic OH excluding ortho intramolecular Hbond substituents is 1. The molecule has 0 unspecified atom stereocenters. The first-order valence-electron chi connectivity index (χ1n) is 10.9. The van der Waals surface area contributed by atoms with E-state index in [0.717, 1.165) is 24.8 Å². The zero-order valence-corrected chi connectivity index (χ0v) is 18.5. The van der Waals surface area contributed by atoms with Crippen LogP contribution >= 0.6 is 0 Å². The number of phenols is 1. The molecule has 26 heavy (non-hydrogen) atoms. The minimum absolute atomic E-state index is 0.415. The first-order chi connectivity index (χ1) is 12.1. The Morgan fingerprint density at radius 1 is 0.769 bits per heavy atom. The summed E-state index contributed by atoms with van der Waals surface area (Å²) in [4.78, 5) is 0. The summed E-state index contributed by atoms with van der Waals surface area (Å²) in [6.45, 7) is 13.9. The van der Waals surface area contributed by atoms with Crippen molar-refractivity contribution in [3.8, 4) is 5.75 Å². The number of aryl methyl sites for hydroxylation is 2. The van der Waals surface area contributed by atoms with Gasteiger partial charge in [0.05, 0.1) is 0 Å². The number of aromatic hydroxyl groups is 1. The molecular formula is C25H44O. The van der Waals surface area contributed by atoms with Gasteiger partial charge in [-0.2, -0.15) is 0 Å². The summed E-state index contributed by atoms with van der Waals surface area (Å²) in [7, 11) is 0. The Kier molecular flexibility index (Phi) is 9.75. The lowest BCUT2D eigenvalue weighted by Gasteiger charge is -2.22. The molecule has 0 saturated carbocycles. The van der Waals surface area contributed by atoms with Crippen molar-refractivity contribution >= 4 is 0 Å². The molecule has 0 heterocycles. The highest BCUT2D eigenvalue weighted by molar-refractivity contribution is 5.36. The fraction of sp³-hybridized carbons (Fsp3) is 0.760.